The van der Waals surface area contributed by atoms with Gasteiger partial charge in [0.25, 0.3) is 0 Å². The predicted molar refractivity (Wildman–Crippen MR) is 66.4 cm³/mol. The Morgan fingerprint density at radius 3 is 2.67 bits per heavy atom. The summed E-state index contributed by atoms with van der Waals surface area (Å²) in [7, 11) is 3.33. The number of amides is 2. The lowest BCUT2D eigenvalue weighted by molar-refractivity contribution is -0.137. The molecule has 2 N–H and O–H groups in total. The Bertz CT molecular complexity index is 292. The van der Waals surface area contributed by atoms with E-state index in [1.54, 1.807) is 19.1 Å². The molecule has 1 saturated carbocycles. The van der Waals surface area contributed by atoms with E-state index in [1.165, 1.54) is 0 Å². The predicted octanol–water partition coefficient (Wildman–Crippen LogP) is 0.918. The Morgan fingerprint density at radius 1 is 1.50 bits per heavy atom. The quantitative estimate of drug-likeness (QED) is 0.634. The fourth-order valence-corrected chi connectivity index (χ4v) is 1.84. The zero-order valence-electron chi connectivity index (χ0n) is 11.0. The molecule has 104 valence electrons. The number of carbonyl (C=O) groups is 2. The Labute approximate surface area is 107 Å². The maximum Gasteiger partial charge on any atom is 0.317 e. The van der Waals surface area contributed by atoms with Crippen LogP contribution in [0.1, 0.15) is 25.7 Å². The molecule has 1 rings (SSSR count). The van der Waals surface area contributed by atoms with Crippen molar-refractivity contribution in [3.8, 4) is 0 Å². The standard InChI is InChI=1S/C12H22N2O4/c1-14(6-3-7-18-2)12(17)13-10(8-11(15)16)9-4-5-9/h9-10H,3-8H2,1-2H3,(H,13,17)(H,15,16). The van der Waals surface area contributed by atoms with Crippen LogP contribution in [-0.4, -0.2) is 55.4 Å². The molecule has 1 fully saturated rings. The van der Waals surface area contributed by atoms with Crippen LogP contribution < -0.4 is 5.32 Å². The Morgan fingerprint density at radius 2 is 2.17 bits per heavy atom. The van der Waals surface area contributed by atoms with Gasteiger partial charge in [-0.2, -0.15) is 0 Å². The summed E-state index contributed by atoms with van der Waals surface area (Å²) in [6.45, 7) is 1.21. The van der Waals surface area contributed by atoms with Crippen LogP contribution in [0, 0.1) is 5.92 Å². The van der Waals surface area contributed by atoms with E-state index < -0.39 is 5.97 Å². The van der Waals surface area contributed by atoms with Crippen molar-refractivity contribution >= 4 is 12.0 Å². The molecule has 0 aromatic carbocycles. The van der Waals surface area contributed by atoms with Crippen molar-refractivity contribution < 1.29 is 19.4 Å². The highest BCUT2D eigenvalue weighted by Gasteiger charge is 2.34. The van der Waals surface area contributed by atoms with Crippen LogP contribution in [0.15, 0.2) is 0 Å². The van der Waals surface area contributed by atoms with E-state index >= 15 is 0 Å². The molecule has 2 amide bonds. The number of carboxylic acids is 1. The van der Waals surface area contributed by atoms with Gasteiger partial charge in [-0.1, -0.05) is 0 Å². The molecule has 1 aliphatic carbocycles. The number of rotatable bonds is 8. The molecule has 0 saturated heterocycles. The molecule has 18 heavy (non-hydrogen) atoms. The van der Waals surface area contributed by atoms with Gasteiger partial charge in [-0.25, -0.2) is 4.79 Å². The van der Waals surface area contributed by atoms with E-state index in [-0.39, 0.29) is 18.5 Å². The number of hydrogen-bond donors (Lipinski definition) is 2. The van der Waals surface area contributed by atoms with Gasteiger partial charge in [-0.15, -0.1) is 0 Å². The molecular formula is C12H22N2O4. The van der Waals surface area contributed by atoms with Gasteiger partial charge >= 0.3 is 12.0 Å². The maximum atomic E-state index is 11.8. The normalized spacial score (nSPS) is 16.1. The third-order valence-corrected chi connectivity index (χ3v) is 3.08. The highest BCUT2D eigenvalue weighted by Crippen LogP contribution is 2.34. The second-order valence-corrected chi connectivity index (χ2v) is 4.76. The van der Waals surface area contributed by atoms with E-state index in [4.69, 9.17) is 9.84 Å². The van der Waals surface area contributed by atoms with Crippen molar-refractivity contribution in [1.29, 1.82) is 0 Å². The second-order valence-electron chi connectivity index (χ2n) is 4.76. The number of nitrogens with zero attached hydrogens (tertiary/aromatic N) is 1. The maximum absolute atomic E-state index is 11.8. The topological polar surface area (TPSA) is 78.9 Å². The highest BCUT2D eigenvalue weighted by atomic mass is 16.5. The third kappa shape index (κ3) is 5.35. The average Bonchev–Trinajstić information content (AvgIpc) is 3.11. The largest absolute Gasteiger partial charge is 0.481 e. The number of hydrogen-bond acceptors (Lipinski definition) is 3. The van der Waals surface area contributed by atoms with Crippen LogP contribution in [-0.2, 0) is 9.53 Å². The summed E-state index contributed by atoms with van der Waals surface area (Å²) < 4.78 is 4.92. The van der Waals surface area contributed by atoms with Gasteiger partial charge in [-0.05, 0) is 25.2 Å². The van der Waals surface area contributed by atoms with Gasteiger partial charge in [-0.3, -0.25) is 4.79 Å². The molecular weight excluding hydrogens is 236 g/mol. The van der Waals surface area contributed by atoms with Crippen LogP contribution in [0.2, 0.25) is 0 Å². The number of carbonyl (C=O) groups excluding carboxylic acids is 1. The smallest absolute Gasteiger partial charge is 0.317 e. The fraction of sp³-hybridized carbons (Fsp3) is 0.833. The van der Waals surface area contributed by atoms with Gasteiger partial charge in [0.1, 0.15) is 0 Å². The molecule has 0 aromatic rings. The monoisotopic (exact) mass is 258 g/mol. The molecule has 0 aromatic heterocycles. The number of nitrogens with one attached hydrogen (secondary N) is 1. The molecule has 0 bridgehead atoms. The summed E-state index contributed by atoms with van der Waals surface area (Å²) in [6.07, 6.45) is 2.78. The fourth-order valence-electron chi connectivity index (χ4n) is 1.84. The molecule has 0 heterocycles. The zero-order valence-corrected chi connectivity index (χ0v) is 11.0. The number of ether oxygens (including phenoxy) is 1. The van der Waals surface area contributed by atoms with Crippen LogP contribution in [0.5, 0.6) is 0 Å². The van der Waals surface area contributed by atoms with Gasteiger partial charge in [0.15, 0.2) is 0 Å². The molecule has 0 radical (unpaired) electrons. The lowest BCUT2D eigenvalue weighted by atomic mass is 10.1. The van der Waals surface area contributed by atoms with Gasteiger partial charge in [0, 0.05) is 33.4 Å². The van der Waals surface area contributed by atoms with Crippen LogP contribution in [0.4, 0.5) is 4.79 Å². The first kappa shape index (κ1) is 14.8. The van der Waals surface area contributed by atoms with E-state index in [0.717, 1.165) is 19.3 Å². The Balaban J connectivity index is 2.33. The summed E-state index contributed by atoms with van der Waals surface area (Å²) in [4.78, 5) is 24.1. The zero-order chi connectivity index (χ0) is 13.5. The van der Waals surface area contributed by atoms with Gasteiger partial charge in [0.05, 0.1) is 6.42 Å². The first-order valence-corrected chi connectivity index (χ1v) is 6.27. The third-order valence-electron chi connectivity index (χ3n) is 3.08. The van der Waals surface area contributed by atoms with E-state index in [2.05, 4.69) is 5.32 Å². The minimum absolute atomic E-state index is 0.00230. The van der Waals surface area contributed by atoms with Crippen LogP contribution in [0.25, 0.3) is 0 Å². The lowest BCUT2D eigenvalue weighted by Gasteiger charge is -2.22. The number of methoxy groups -OCH3 is 1. The van der Waals surface area contributed by atoms with Crippen molar-refractivity contribution in [2.45, 2.75) is 31.7 Å². The summed E-state index contributed by atoms with van der Waals surface area (Å²) >= 11 is 0. The molecule has 1 atom stereocenters. The average molecular weight is 258 g/mol. The Kier molecular flexibility index (Phi) is 5.91. The van der Waals surface area contributed by atoms with Crippen LogP contribution in [0.3, 0.4) is 0 Å². The minimum atomic E-state index is -0.866. The van der Waals surface area contributed by atoms with Crippen molar-refractivity contribution in [2.24, 2.45) is 5.92 Å². The SMILES string of the molecule is COCCCN(C)C(=O)NC(CC(=O)O)C1CC1. The molecule has 0 aliphatic heterocycles. The van der Waals surface area contributed by atoms with Crippen molar-refractivity contribution in [1.82, 2.24) is 10.2 Å². The molecule has 0 spiro atoms. The van der Waals surface area contributed by atoms with Gasteiger partial charge in [0.2, 0.25) is 0 Å². The van der Waals surface area contributed by atoms with Crippen LogP contribution >= 0.6 is 0 Å². The molecule has 1 aliphatic rings. The molecule has 6 heteroatoms. The number of aliphatic carboxylic acids is 1. The number of urea groups is 1. The molecule has 6 nitrogen and oxygen atoms in total. The first-order valence-electron chi connectivity index (χ1n) is 6.27. The summed E-state index contributed by atoms with van der Waals surface area (Å²) in [5, 5.41) is 11.6. The lowest BCUT2D eigenvalue weighted by Crippen LogP contribution is -2.45. The van der Waals surface area contributed by atoms with E-state index in [0.29, 0.717) is 19.1 Å². The van der Waals surface area contributed by atoms with E-state index in [1.807, 2.05) is 0 Å². The minimum Gasteiger partial charge on any atom is -0.481 e. The summed E-state index contributed by atoms with van der Waals surface area (Å²) in [6, 6.07) is -0.441. The van der Waals surface area contributed by atoms with Crippen molar-refractivity contribution in [2.75, 3.05) is 27.3 Å². The number of carboxylic acid groups (broad SMARTS) is 1. The first-order chi connectivity index (χ1) is 8.54. The van der Waals surface area contributed by atoms with Gasteiger partial charge < -0.3 is 20.1 Å². The van der Waals surface area contributed by atoms with Crippen molar-refractivity contribution in [3.05, 3.63) is 0 Å². The van der Waals surface area contributed by atoms with Crippen molar-refractivity contribution in [3.63, 3.8) is 0 Å². The molecule has 1 unspecified atom stereocenters. The second kappa shape index (κ2) is 7.20. The highest BCUT2D eigenvalue weighted by molar-refractivity contribution is 5.75. The van der Waals surface area contributed by atoms with E-state index in [9.17, 15) is 9.59 Å². The summed E-state index contributed by atoms with van der Waals surface area (Å²) in [5.41, 5.74) is 0. The Hall–Kier alpha value is -1.30. The summed E-state index contributed by atoms with van der Waals surface area (Å²) in [5.74, 6) is -0.535.